The maximum Gasteiger partial charge on any atom is 0.264 e. The molecule has 0 spiro atoms. The Morgan fingerprint density at radius 2 is 1.50 bits per heavy atom. The molecule has 2 amide bonds. The van der Waals surface area contributed by atoms with Gasteiger partial charge < -0.3 is 10.2 Å². The Balaban J connectivity index is 1.80. The molecular weight excluding hydrogens is 617 g/mol. The van der Waals surface area contributed by atoms with E-state index in [-0.39, 0.29) is 23.8 Å². The molecule has 0 aromatic heterocycles. The summed E-state index contributed by atoms with van der Waals surface area (Å²) >= 11 is 12.7. The highest BCUT2D eigenvalue weighted by Gasteiger charge is 2.34. The van der Waals surface area contributed by atoms with E-state index >= 15 is 0 Å². The molecule has 230 valence electrons. The number of rotatable bonds is 13. The Morgan fingerprint density at radius 1 is 0.864 bits per heavy atom. The van der Waals surface area contributed by atoms with Gasteiger partial charge in [-0.1, -0.05) is 102 Å². The summed E-state index contributed by atoms with van der Waals surface area (Å²) in [6.45, 7) is 3.67. The number of anilines is 1. The van der Waals surface area contributed by atoms with Crippen LogP contribution in [0.25, 0.3) is 0 Å². The van der Waals surface area contributed by atoms with Gasteiger partial charge in [-0.3, -0.25) is 13.9 Å². The predicted molar refractivity (Wildman–Crippen MR) is 176 cm³/mol. The average molecular weight is 653 g/mol. The Kier molecular flexibility index (Phi) is 11.4. The second-order valence-electron chi connectivity index (χ2n) is 10.4. The van der Waals surface area contributed by atoms with Crippen molar-refractivity contribution in [3.8, 4) is 0 Å². The van der Waals surface area contributed by atoms with Gasteiger partial charge in [0.2, 0.25) is 11.8 Å². The fourth-order valence-electron chi connectivity index (χ4n) is 4.71. The average Bonchev–Trinajstić information content (AvgIpc) is 3.02. The number of carbonyl (C=O) groups is 2. The van der Waals surface area contributed by atoms with Crippen LogP contribution in [0.3, 0.4) is 0 Å². The van der Waals surface area contributed by atoms with Gasteiger partial charge in [-0.05, 0) is 60.9 Å². The van der Waals surface area contributed by atoms with Gasteiger partial charge in [-0.25, -0.2) is 8.42 Å². The van der Waals surface area contributed by atoms with Crippen molar-refractivity contribution in [2.75, 3.05) is 17.4 Å². The highest BCUT2D eigenvalue weighted by Crippen LogP contribution is 2.27. The quantitative estimate of drug-likeness (QED) is 0.175. The van der Waals surface area contributed by atoms with Crippen LogP contribution in [0.1, 0.15) is 30.0 Å². The molecule has 1 N–H and O–H groups in total. The van der Waals surface area contributed by atoms with Crippen LogP contribution in [-0.4, -0.2) is 44.3 Å². The zero-order valence-electron chi connectivity index (χ0n) is 24.6. The monoisotopic (exact) mass is 651 g/mol. The number of carbonyl (C=O) groups excluding carboxylic acids is 2. The predicted octanol–water partition coefficient (Wildman–Crippen LogP) is 6.66. The van der Waals surface area contributed by atoms with Crippen molar-refractivity contribution in [1.29, 1.82) is 0 Å². The number of amides is 2. The number of aryl methyl sites for hydroxylation is 1. The van der Waals surface area contributed by atoms with Gasteiger partial charge in [-0.15, -0.1) is 0 Å². The van der Waals surface area contributed by atoms with Crippen molar-refractivity contribution in [3.63, 3.8) is 0 Å². The lowest BCUT2D eigenvalue weighted by atomic mass is 10.0. The molecule has 0 unspecified atom stereocenters. The van der Waals surface area contributed by atoms with Crippen LogP contribution in [0.15, 0.2) is 108 Å². The van der Waals surface area contributed by atoms with E-state index in [1.54, 1.807) is 60.7 Å². The third kappa shape index (κ3) is 8.40. The lowest BCUT2D eigenvalue weighted by molar-refractivity contribution is -0.140. The van der Waals surface area contributed by atoms with Crippen LogP contribution in [0.5, 0.6) is 0 Å². The van der Waals surface area contributed by atoms with Crippen molar-refractivity contribution in [2.24, 2.45) is 0 Å². The SMILES string of the molecule is CCCNC(=O)[C@H](Cc1ccccc1)N(Cc1ccc(Cl)cc1Cl)C(=O)CN(c1ccc(C)cc1)S(=O)(=O)c1ccccc1. The summed E-state index contributed by atoms with van der Waals surface area (Å²) in [6.07, 6.45) is 0.917. The molecule has 0 fully saturated rings. The van der Waals surface area contributed by atoms with Gasteiger partial charge in [0.1, 0.15) is 12.6 Å². The van der Waals surface area contributed by atoms with Crippen LogP contribution in [0.2, 0.25) is 10.0 Å². The smallest absolute Gasteiger partial charge is 0.264 e. The first-order valence-corrected chi connectivity index (χ1v) is 16.5. The van der Waals surface area contributed by atoms with Gasteiger partial charge in [0, 0.05) is 29.6 Å². The number of sulfonamides is 1. The molecule has 0 aliphatic carbocycles. The van der Waals surface area contributed by atoms with E-state index in [4.69, 9.17) is 23.2 Å². The van der Waals surface area contributed by atoms with E-state index in [0.717, 1.165) is 15.4 Å². The highest BCUT2D eigenvalue weighted by molar-refractivity contribution is 7.92. The maximum absolute atomic E-state index is 14.4. The van der Waals surface area contributed by atoms with Gasteiger partial charge in [0.25, 0.3) is 10.0 Å². The molecule has 0 bridgehead atoms. The number of hydrogen-bond acceptors (Lipinski definition) is 4. The standard InChI is InChI=1S/C34H35Cl2N3O4S/c1-3-20-37-34(41)32(21-26-10-6-4-7-11-26)38(23-27-16-17-28(35)22-31(27)36)33(40)24-39(29-18-14-25(2)15-19-29)44(42,43)30-12-8-5-9-13-30/h4-19,22,32H,3,20-21,23-24H2,1-2H3,(H,37,41)/t32-/m0/s1. The lowest BCUT2D eigenvalue weighted by Gasteiger charge is -2.34. The van der Waals surface area contributed by atoms with Gasteiger partial charge in [0.05, 0.1) is 10.6 Å². The van der Waals surface area contributed by atoms with Crippen LogP contribution < -0.4 is 9.62 Å². The largest absolute Gasteiger partial charge is 0.354 e. The first-order chi connectivity index (χ1) is 21.1. The third-order valence-corrected chi connectivity index (χ3v) is 9.48. The molecule has 1 atom stereocenters. The molecule has 0 saturated carbocycles. The van der Waals surface area contributed by atoms with Crippen molar-refractivity contribution in [2.45, 2.75) is 44.2 Å². The second-order valence-corrected chi connectivity index (χ2v) is 13.1. The molecule has 7 nitrogen and oxygen atoms in total. The Hall–Kier alpha value is -3.85. The molecule has 4 rings (SSSR count). The highest BCUT2D eigenvalue weighted by atomic mass is 35.5. The van der Waals surface area contributed by atoms with Crippen LogP contribution in [0.4, 0.5) is 5.69 Å². The second kappa shape index (κ2) is 15.2. The zero-order chi connectivity index (χ0) is 31.7. The van der Waals surface area contributed by atoms with Crippen LogP contribution in [-0.2, 0) is 32.6 Å². The van der Waals surface area contributed by atoms with Gasteiger partial charge in [-0.2, -0.15) is 0 Å². The maximum atomic E-state index is 14.4. The normalized spacial score (nSPS) is 11.9. The van der Waals surface area contributed by atoms with E-state index < -0.39 is 28.5 Å². The Bertz CT molecular complexity index is 1670. The number of nitrogens with one attached hydrogen (secondary N) is 1. The molecule has 44 heavy (non-hydrogen) atoms. The van der Waals surface area contributed by atoms with E-state index in [2.05, 4.69) is 5.32 Å². The van der Waals surface area contributed by atoms with Crippen molar-refractivity contribution in [1.82, 2.24) is 10.2 Å². The molecule has 4 aromatic rings. The number of halogens is 2. The molecule has 0 heterocycles. The van der Waals surface area contributed by atoms with E-state index in [1.165, 1.54) is 17.0 Å². The molecular formula is C34H35Cl2N3O4S. The number of hydrogen-bond donors (Lipinski definition) is 1. The molecule has 4 aromatic carbocycles. The van der Waals surface area contributed by atoms with Crippen molar-refractivity contribution >= 4 is 50.7 Å². The fraction of sp³-hybridized carbons (Fsp3) is 0.235. The molecule has 0 aliphatic rings. The summed E-state index contributed by atoms with van der Waals surface area (Å²) in [5.41, 5.74) is 2.68. The first-order valence-electron chi connectivity index (χ1n) is 14.3. The van der Waals surface area contributed by atoms with Crippen LogP contribution in [0, 0.1) is 6.92 Å². The van der Waals surface area contributed by atoms with E-state index in [1.807, 2.05) is 44.2 Å². The van der Waals surface area contributed by atoms with E-state index in [0.29, 0.717) is 34.3 Å². The minimum atomic E-state index is -4.16. The van der Waals surface area contributed by atoms with Gasteiger partial charge in [0.15, 0.2) is 0 Å². The number of nitrogens with zero attached hydrogens (tertiary/aromatic N) is 2. The molecule has 0 saturated heterocycles. The molecule has 10 heteroatoms. The molecule has 0 radical (unpaired) electrons. The number of benzene rings is 4. The summed E-state index contributed by atoms with van der Waals surface area (Å²) in [4.78, 5) is 29.6. The summed E-state index contributed by atoms with van der Waals surface area (Å²) < 4.78 is 29.1. The minimum absolute atomic E-state index is 0.0427. The fourth-order valence-corrected chi connectivity index (χ4v) is 6.62. The summed E-state index contributed by atoms with van der Waals surface area (Å²) in [7, 11) is -4.16. The molecule has 0 aliphatic heterocycles. The summed E-state index contributed by atoms with van der Waals surface area (Å²) in [5.74, 6) is -0.911. The topological polar surface area (TPSA) is 86.8 Å². The Labute approximate surface area is 269 Å². The van der Waals surface area contributed by atoms with Crippen molar-refractivity contribution < 1.29 is 18.0 Å². The van der Waals surface area contributed by atoms with Crippen LogP contribution >= 0.6 is 23.2 Å². The summed E-state index contributed by atoms with van der Waals surface area (Å²) in [6, 6.07) is 28.2. The third-order valence-electron chi connectivity index (χ3n) is 7.11. The lowest BCUT2D eigenvalue weighted by Crippen LogP contribution is -2.53. The van der Waals surface area contributed by atoms with Crippen molar-refractivity contribution in [3.05, 3.63) is 130 Å². The Morgan fingerprint density at radius 3 is 2.11 bits per heavy atom. The minimum Gasteiger partial charge on any atom is -0.354 e. The zero-order valence-corrected chi connectivity index (χ0v) is 26.9. The van der Waals surface area contributed by atoms with Gasteiger partial charge >= 0.3 is 0 Å². The summed E-state index contributed by atoms with van der Waals surface area (Å²) in [5, 5.41) is 3.68. The first kappa shape index (κ1) is 33.1. The van der Waals surface area contributed by atoms with E-state index in [9.17, 15) is 18.0 Å².